The number of aromatic nitrogens is 1. The molecule has 1 unspecified atom stereocenters. The third kappa shape index (κ3) is 3.79. The summed E-state index contributed by atoms with van der Waals surface area (Å²) < 4.78 is 16.0. The van der Waals surface area contributed by atoms with E-state index in [9.17, 15) is 14.3 Å². The minimum absolute atomic E-state index is 0.0745. The first kappa shape index (κ1) is 18.5. The first-order valence-corrected chi connectivity index (χ1v) is 9.52. The van der Waals surface area contributed by atoms with Crippen molar-refractivity contribution in [3.05, 3.63) is 41.2 Å². The van der Waals surface area contributed by atoms with Crippen molar-refractivity contribution in [2.75, 3.05) is 25.1 Å². The van der Waals surface area contributed by atoms with Gasteiger partial charge in [-0.1, -0.05) is 0 Å². The van der Waals surface area contributed by atoms with E-state index < -0.39 is 11.0 Å². The standard InChI is InChI=1S/C16H17IN4O2S/c1-10-5-11-6-15(16(22)12(8-18)9-20(2)3)21(17)14(11)7-13(10)19-24(4)23/h5-7,9,19H,1-4H3/b12-9+. The molecule has 0 aliphatic heterocycles. The van der Waals surface area contributed by atoms with Crippen molar-refractivity contribution in [3.63, 3.8) is 0 Å². The molecule has 0 aliphatic carbocycles. The smallest absolute Gasteiger partial charge is 0.222 e. The van der Waals surface area contributed by atoms with Crippen molar-refractivity contribution in [1.82, 2.24) is 7.68 Å². The molecule has 2 aromatic rings. The summed E-state index contributed by atoms with van der Waals surface area (Å²) in [6.07, 6.45) is 3.07. The van der Waals surface area contributed by atoms with Gasteiger partial charge in [-0.2, -0.15) is 5.26 Å². The lowest BCUT2D eigenvalue weighted by molar-refractivity contribution is 0.103. The molecule has 0 aliphatic rings. The third-order valence-corrected chi connectivity index (χ3v) is 4.87. The lowest BCUT2D eigenvalue weighted by Gasteiger charge is -2.08. The Bertz CT molecular complexity index is 909. The number of aryl methyl sites for hydroxylation is 1. The Morgan fingerprint density at radius 1 is 1.42 bits per heavy atom. The molecule has 1 N–H and O–H groups in total. The minimum atomic E-state index is -1.18. The number of carbonyl (C=O) groups excluding carboxylic acids is 1. The highest BCUT2D eigenvalue weighted by Crippen LogP contribution is 2.29. The number of allylic oxidation sites excluding steroid dienone is 1. The van der Waals surface area contributed by atoms with Crippen molar-refractivity contribution < 1.29 is 9.00 Å². The molecule has 0 spiro atoms. The van der Waals surface area contributed by atoms with Crippen LogP contribution in [0.2, 0.25) is 0 Å². The summed E-state index contributed by atoms with van der Waals surface area (Å²) in [5.74, 6) is -0.331. The molecule has 2 rings (SSSR count). The van der Waals surface area contributed by atoms with Gasteiger partial charge in [-0.15, -0.1) is 0 Å². The monoisotopic (exact) mass is 456 g/mol. The molecule has 6 nitrogen and oxygen atoms in total. The van der Waals surface area contributed by atoms with E-state index >= 15 is 0 Å². The highest BCUT2D eigenvalue weighted by Gasteiger charge is 2.19. The first-order chi connectivity index (χ1) is 11.2. The third-order valence-electron chi connectivity index (χ3n) is 3.33. The fraction of sp³-hybridized carbons (Fsp3) is 0.250. The van der Waals surface area contributed by atoms with E-state index in [-0.39, 0.29) is 11.4 Å². The molecule has 0 amide bonds. The zero-order valence-electron chi connectivity index (χ0n) is 13.8. The second-order valence-electron chi connectivity index (χ2n) is 5.54. The van der Waals surface area contributed by atoms with E-state index in [0.29, 0.717) is 5.69 Å². The molecular weight excluding hydrogens is 439 g/mol. The number of nitriles is 1. The second-order valence-corrected chi connectivity index (χ2v) is 7.62. The maximum absolute atomic E-state index is 12.6. The van der Waals surface area contributed by atoms with E-state index in [4.69, 9.17) is 0 Å². The van der Waals surface area contributed by atoms with Crippen molar-refractivity contribution in [1.29, 1.82) is 5.26 Å². The van der Waals surface area contributed by atoms with Gasteiger partial charge in [0.25, 0.3) is 0 Å². The van der Waals surface area contributed by atoms with Crippen LogP contribution in [0.25, 0.3) is 10.9 Å². The Morgan fingerprint density at radius 2 is 2.08 bits per heavy atom. The quantitative estimate of drug-likeness (QED) is 0.325. The van der Waals surface area contributed by atoms with Crippen LogP contribution in [0.4, 0.5) is 5.69 Å². The minimum Gasteiger partial charge on any atom is -0.382 e. The fourth-order valence-electron chi connectivity index (χ4n) is 2.29. The highest BCUT2D eigenvalue weighted by atomic mass is 127. The zero-order valence-corrected chi connectivity index (χ0v) is 16.7. The molecule has 0 saturated heterocycles. The lowest BCUT2D eigenvalue weighted by atomic mass is 10.1. The van der Waals surface area contributed by atoms with Crippen LogP contribution in [-0.2, 0) is 11.0 Å². The van der Waals surface area contributed by atoms with Gasteiger partial charge in [0.05, 0.1) is 34.1 Å². The SMILES string of the molecule is Cc1cc2cc(C(=O)/C(C#N)=C/N(C)C)n(I)c2cc1NS(C)=O. The van der Waals surface area contributed by atoms with Crippen LogP contribution >= 0.6 is 22.9 Å². The number of anilines is 1. The Kier molecular flexibility index (Phi) is 5.66. The number of nitrogens with one attached hydrogen (secondary N) is 1. The highest BCUT2D eigenvalue weighted by molar-refractivity contribution is 14.1. The van der Waals surface area contributed by atoms with E-state index in [2.05, 4.69) is 4.72 Å². The first-order valence-electron chi connectivity index (χ1n) is 7.00. The molecule has 8 heteroatoms. The lowest BCUT2D eigenvalue weighted by Crippen LogP contribution is -2.10. The van der Waals surface area contributed by atoms with Crippen LogP contribution in [0.5, 0.6) is 0 Å². The molecule has 1 aromatic heterocycles. The predicted molar refractivity (Wildman–Crippen MR) is 105 cm³/mol. The Labute approximate surface area is 157 Å². The Balaban J connectivity index is 2.58. The maximum Gasteiger partial charge on any atom is 0.222 e. The molecule has 24 heavy (non-hydrogen) atoms. The van der Waals surface area contributed by atoms with Gasteiger partial charge in [0.2, 0.25) is 5.78 Å². The van der Waals surface area contributed by atoms with Crippen molar-refractivity contribution in [3.8, 4) is 6.07 Å². The van der Waals surface area contributed by atoms with Crippen LogP contribution in [0.1, 0.15) is 16.1 Å². The number of hydrogen-bond acceptors (Lipinski definition) is 4. The van der Waals surface area contributed by atoms with E-state index in [1.165, 1.54) is 6.20 Å². The topological polar surface area (TPSA) is 78.1 Å². The number of hydrogen-bond donors (Lipinski definition) is 1. The zero-order chi connectivity index (χ0) is 18.0. The van der Waals surface area contributed by atoms with E-state index in [1.807, 2.05) is 48.0 Å². The van der Waals surface area contributed by atoms with Crippen LogP contribution in [0, 0.1) is 18.3 Å². The Hall–Kier alpha value is -1.86. The largest absolute Gasteiger partial charge is 0.382 e. The molecular formula is C16H17IN4O2S. The maximum atomic E-state index is 12.6. The average Bonchev–Trinajstić information content (AvgIpc) is 2.80. The summed E-state index contributed by atoms with van der Waals surface area (Å²) in [5, 5.41) is 10.1. The number of carbonyl (C=O) groups is 1. The van der Waals surface area contributed by atoms with Gasteiger partial charge in [-0.05, 0) is 30.7 Å². The van der Waals surface area contributed by atoms with Crippen LogP contribution in [0.15, 0.2) is 30.0 Å². The number of nitrogens with zero attached hydrogens (tertiary/aromatic N) is 3. The number of rotatable bonds is 5. The second kappa shape index (κ2) is 7.36. The summed E-state index contributed by atoms with van der Waals surface area (Å²) in [6, 6.07) is 7.51. The molecule has 1 aromatic carbocycles. The van der Waals surface area contributed by atoms with Gasteiger partial charge >= 0.3 is 0 Å². The summed E-state index contributed by atoms with van der Waals surface area (Å²) in [4.78, 5) is 14.3. The fourth-order valence-corrected chi connectivity index (χ4v) is 3.60. The van der Waals surface area contributed by atoms with E-state index in [1.54, 1.807) is 34.1 Å². The molecule has 0 saturated carbocycles. The van der Waals surface area contributed by atoms with Crippen molar-refractivity contribution in [2.24, 2.45) is 0 Å². The number of ketones is 1. The number of fused-ring (bicyclic) bond motifs is 1. The van der Waals surface area contributed by atoms with Crippen molar-refractivity contribution in [2.45, 2.75) is 6.92 Å². The molecule has 1 heterocycles. The van der Waals surface area contributed by atoms with Crippen LogP contribution in [-0.4, -0.2) is 38.0 Å². The molecule has 1 atom stereocenters. The molecule has 126 valence electrons. The predicted octanol–water partition coefficient (Wildman–Crippen LogP) is 3.01. The molecule has 0 radical (unpaired) electrons. The molecule has 0 bridgehead atoms. The molecule has 0 fully saturated rings. The van der Waals surface area contributed by atoms with Gasteiger partial charge in [0, 0.05) is 31.9 Å². The number of benzene rings is 1. The van der Waals surface area contributed by atoms with Crippen molar-refractivity contribution >= 4 is 56.2 Å². The number of halogens is 1. The summed E-state index contributed by atoms with van der Waals surface area (Å²) in [5.41, 5.74) is 3.00. The van der Waals surface area contributed by atoms with Gasteiger partial charge < -0.3 is 9.62 Å². The van der Waals surface area contributed by atoms with Gasteiger partial charge in [0.15, 0.2) is 0 Å². The van der Waals surface area contributed by atoms with Gasteiger partial charge in [0.1, 0.15) is 28.3 Å². The van der Waals surface area contributed by atoms with Gasteiger partial charge in [-0.25, -0.2) is 4.21 Å². The van der Waals surface area contributed by atoms with Crippen LogP contribution in [0.3, 0.4) is 0 Å². The van der Waals surface area contributed by atoms with Gasteiger partial charge in [-0.3, -0.25) is 7.58 Å². The summed E-state index contributed by atoms with van der Waals surface area (Å²) in [6.45, 7) is 1.91. The average molecular weight is 456 g/mol. The normalized spacial score (nSPS) is 12.8. The summed E-state index contributed by atoms with van der Waals surface area (Å²) >= 11 is 2.04. The number of Topliss-reactive ketones (excluding diaryl/α,β-unsaturated/α-hetero) is 1. The van der Waals surface area contributed by atoms with E-state index in [0.717, 1.165) is 22.2 Å². The summed E-state index contributed by atoms with van der Waals surface area (Å²) in [7, 11) is 2.34. The Morgan fingerprint density at radius 3 is 2.62 bits per heavy atom. The van der Waals surface area contributed by atoms with Crippen LogP contribution < -0.4 is 4.72 Å².